The van der Waals surface area contributed by atoms with Crippen LogP contribution in [0, 0.1) is 11.3 Å². The van der Waals surface area contributed by atoms with Gasteiger partial charge in [-0.3, -0.25) is 4.79 Å². The first-order valence-electron chi connectivity index (χ1n) is 7.35. The van der Waals surface area contributed by atoms with Gasteiger partial charge in [-0.1, -0.05) is 13.3 Å². The van der Waals surface area contributed by atoms with E-state index in [-0.39, 0.29) is 12.5 Å². The number of amides is 1. The number of hydrogen-bond acceptors (Lipinski definition) is 4. The van der Waals surface area contributed by atoms with Gasteiger partial charge in [0.25, 0.3) is 0 Å². The summed E-state index contributed by atoms with van der Waals surface area (Å²) in [5.41, 5.74) is 5.36. The van der Waals surface area contributed by atoms with Gasteiger partial charge in [0.05, 0.1) is 5.41 Å². The summed E-state index contributed by atoms with van der Waals surface area (Å²) < 4.78 is 5.31. The van der Waals surface area contributed by atoms with Crippen LogP contribution in [0.15, 0.2) is 0 Å². The average molecular weight is 272 g/mol. The summed E-state index contributed by atoms with van der Waals surface area (Å²) in [7, 11) is 0. The fourth-order valence-corrected chi connectivity index (χ4v) is 2.65. The Morgan fingerprint density at radius 3 is 2.63 bits per heavy atom. The fraction of sp³-hybridized carbons (Fsp3) is 0.929. The van der Waals surface area contributed by atoms with Crippen molar-refractivity contribution >= 4 is 5.91 Å². The molecule has 1 unspecified atom stereocenters. The normalized spacial score (nSPS) is 19.9. The Labute approximate surface area is 115 Å². The van der Waals surface area contributed by atoms with Gasteiger partial charge >= 0.3 is 0 Å². The van der Waals surface area contributed by atoms with E-state index >= 15 is 0 Å². The molecule has 112 valence electrons. The third-order valence-corrected chi connectivity index (χ3v) is 4.11. The van der Waals surface area contributed by atoms with Crippen LogP contribution < -0.4 is 11.1 Å². The lowest BCUT2D eigenvalue weighted by molar-refractivity contribution is -0.136. The molecule has 1 amide bonds. The van der Waals surface area contributed by atoms with Crippen molar-refractivity contribution < 1.29 is 14.6 Å². The van der Waals surface area contributed by atoms with Crippen LogP contribution in [0.2, 0.25) is 0 Å². The quantitative estimate of drug-likeness (QED) is 0.606. The third kappa shape index (κ3) is 4.75. The van der Waals surface area contributed by atoms with Gasteiger partial charge in [-0.2, -0.15) is 0 Å². The van der Waals surface area contributed by atoms with Gasteiger partial charge in [0.2, 0.25) is 5.91 Å². The van der Waals surface area contributed by atoms with Crippen molar-refractivity contribution in [3.8, 4) is 0 Å². The van der Waals surface area contributed by atoms with Crippen LogP contribution in [-0.2, 0) is 9.53 Å². The smallest absolute Gasteiger partial charge is 0.227 e. The van der Waals surface area contributed by atoms with E-state index in [1.165, 1.54) is 0 Å². The predicted molar refractivity (Wildman–Crippen MR) is 74.7 cm³/mol. The molecule has 0 aromatic heterocycles. The molecule has 0 aromatic carbocycles. The number of aliphatic hydroxyl groups excluding tert-OH is 1. The van der Waals surface area contributed by atoms with Crippen LogP contribution in [0.25, 0.3) is 0 Å². The Morgan fingerprint density at radius 1 is 1.42 bits per heavy atom. The summed E-state index contributed by atoms with van der Waals surface area (Å²) >= 11 is 0. The van der Waals surface area contributed by atoms with Crippen molar-refractivity contribution in [3.05, 3.63) is 0 Å². The number of carbonyl (C=O) groups excluding carboxylic acids is 1. The summed E-state index contributed by atoms with van der Waals surface area (Å²) in [6.45, 7) is 4.53. The van der Waals surface area contributed by atoms with Crippen LogP contribution in [0.5, 0.6) is 0 Å². The SMILES string of the molecule is CCCC(CCO)CNC(=O)C1(CN)CCOCC1. The first-order valence-corrected chi connectivity index (χ1v) is 7.35. The van der Waals surface area contributed by atoms with E-state index in [2.05, 4.69) is 12.2 Å². The summed E-state index contributed by atoms with van der Waals surface area (Å²) in [6.07, 6.45) is 4.24. The molecule has 5 heteroatoms. The van der Waals surface area contributed by atoms with E-state index < -0.39 is 5.41 Å². The number of ether oxygens (including phenoxy) is 1. The summed E-state index contributed by atoms with van der Waals surface area (Å²) in [5.74, 6) is 0.408. The minimum Gasteiger partial charge on any atom is -0.396 e. The number of nitrogens with one attached hydrogen (secondary N) is 1. The second-order valence-corrected chi connectivity index (χ2v) is 5.47. The molecule has 1 aliphatic heterocycles. The van der Waals surface area contributed by atoms with Crippen molar-refractivity contribution in [2.24, 2.45) is 17.1 Å². The number of rotatable bonds is 8. The van der Waals surface area contributed by atoms with Gasteiger partial charge in [-0.25, -0.2) is 0 Å². The maximum absolute atomic E-state index is 12.4. The Kier molecular flexibility index (Phi) is 7.34. The molecule has 1 atom stereocenters. The molecule has 0 aromatic rings. The first kappa shape index (κ1) is 16.4. The highest BCUT2D eigenvalue weighted by Crippen LogP contribution is 2.29. The van der Waals surface area contributed by atoms with Crippen molar-refractivity contribution in [3.63, 3.8) is 0 Å². The number of carbonyl (C=O) groups is 1. The average Bonchev–Trinajstić information content (AvgIpc) is 2.45. The molecule has 1 rings (SSSR count). The van der Waals surface area contributed by atoms with Crippen molar-refractivity contribution in [1.82, 2.24) is 5.32 Å². The van der Waals surface area contributed by atoms with Gasteiger partial charge < -0.3 is 20.9 Å². The van der Waals surface area contributed by atoms with Gasteiger partial charge in [0.15, 0.2) is 0 Å². The minimum absolute atomic E-state index is 0.0531. The highest BCUT2D eigenvalue weighted by atomic mass is 16.5. The summed E-state index contributed by atoms with van der Waals surface area (Å²) in [6, 6.07) is 0. The van der Waals surface area contributed by atoms with Crippen molar-refractivity contribution in [2.45, 2.75) is 39.0 Å². The Morgan fingerprint density at radius 2 is 2.11 bits per heavy atom. The van der Waals surface area contributed by atoms with E-state index in [9.17, 15) is 4.79 Å². The molecule has 1 fully saturated rings. The molecule has 1 saturated heterocycles. The third-order valence-electron chi connectivity index (χ3n) is 4.11. The van der Waals surface area contributed by atoms with Crippen molar-refractivity contribution in [2.75, 3.05) is 32.9 Å². The van der Waals surface area contributed by atoms with Gasteiger partial charge in [0.1, 0.15) is 0 Å². The standard InChI is InChI=1S/C14H28N2O3/c1-2-3-12(4-7-17)10-16-13(18)14(11-15)5-8-19-9-6-14/h12,17H,2-11,15H2,1H3,(H,16,18). The van der Waals surface area contributed by atoms with E-state index in [0.717, 1.165) is 19.3 Å². The molecular formula is C14H28N2O3. The molecule has 1 aliphatic rings. The van der Waals surface area contributed by atoms with E-state index in [1.807, 2.05) is 0 Å². The maximum atomic E-state index is 12.4. The monoisotopic (exact) mass is 272 g/mol. The largest absolute Gasteiger partial charge is 0.396 e. The molecule has 4 N–H and O–H groups in total. The first-order chi connectivity index (χ1) is 9.18. The Hall–Kier alpha value is -0.650. The topological polar surface area (TPSA) is 84.6 Å². The summed E-state index contributed by atoms with van der Waals surface area (Å²) in [4.78, 5) is 12.4. The highest BCUT2D eigenvalue weighted by molar-refractivity contribution is 5.83. The zero-order chi connectivity index (χ0) is 14.1. The zero-order valence-electron chi connectivity index (χ0n) is 12.0. The predicted octanol–water partition coefficient (Wildman–Crippen LogP) is 0.657. The molecule has 19 heavy (non-hydrogen) atoms. The highest BCUT2D eigenvalue weighted by Gasteiger charge is 2.38. The molecule has 1 heterocycles. The maximum Gasteiger partial charge on any atom is 0.227 e. The minimum atomic E-state index is -0.450. The second kappa shape index (κ2) is 8.51. The van der Waals surface area contributed by atoms with Crippen LogP contribution in [0.1, 0.15) is 39.0 Å². The van der Waals surface area contributed by atoms with Crippen LogP contribution >= 0.6 is 0 Å². The van der Waals surface area contributed by atoms with Crippen LogP contribution in [-0.4, -0.2) is 43.9 Å². The molecule has 0 bridgehead atoms. The number of nitrogens with two attached hydrogens (primary N) is 1. The van der Waals surface area contributed by atoms with E-state index in [4.69, 9.17) is 15.6 Å². The lowest BCUT2D eigenvalue weighted by Gasteiger charge is -2.35. The van der Waals surface area contributed by atoms with Gasteiger partial charge in [-0.15, -0.1) is 0 Å². The lowest BCUT2D eigenvalue weighted by Crippen LogP contribution is -2.50. The van der Waals surface area contributed by atoms with E-state index in [1.54, 1.807) is 0 Å². The molecular weight excluding hydrogens is 244 g/mol. The number of hydrogen-bond donors (Lipinski definition) is 3. The Balaban J connectivity index is 2.47. The van der Waals surface area contributed by atoms with Crippen LogP contribution in [0.3, 0.4) is 0 Å². The summed E-state index contributed by atoms with van der Waals surface area (Å²) in [5, 5.41) is 12.1. The molecule has 0 radical (unpaired) electrons. The lowest BCUT2D eigenvalue weighted by atomic mass is 9.79. The number of aliphatic hydroxyl groups is 1. The second-order valence-electron chi connectivity index (χ2n) is 5.47. The molecule has 5 nitrogen and oxygen atoms in total. The fourth-order valence-electron chi connectivity index (χ4n) is 2.65. The van der Waals surface area contributed by atoms with Gasteiger partial charge in [0, 0.05) is 32.9 Å². The molecule has 0 spiro atoms. The zero-order valence-corrected chi connectivity index (χ0v) is 12.0. The van der Waals surface area contributed by atoms with Crippen LogP contribution in [0.4, 0.5) is 0 Å². The van der Waals surface area contributed by atoms with Gasteiger partial charge in [-0.05, 0) is 31.6 Å². The van der Waals surface area contributed by atoms with E-state index in [0.29, 0.717) is 45.1 Å². The molecule has 0 aliphatic carbocycles. The Bertz CT molecular complexity index is 259. The van der Waals surface area contributed by atoms with Crippen molar-refractivity contribution in [1.29, 1.82) is 0 Å². The molecule has 0 saturated carbocycles.